The van der Waals surface area contributed by atoms with Crippen LogP contribution in [0.1, 0.15) is 72.8 Å². The van der Waals surface area contributed by atoms with Crippen molar-refractivity contribution in [1.29, 1.82) is 0 Å². The summed E-state index contributed by atoms with van der Waals surface area (Å²) in [5.41, 5.74) is 8.36. The van der Waals surface area contributed by atoms with Crippen LogP contribution in [0.2, 0.25) is 0 Å². The first kappa shape index (κ1) is 24.6. The molecule has 7 heteroatoms. The maximum Gasteiger partial charge on any atom is 0.102 e. The quantitative estimate of drug-likeness (QED) is 0.310. The van der Waals surface area contributed by atoms with Crippen molar-refractivity contribution < 1.29 is 4.74 Å². The van der Waals surface area contributed by atoms with Crippen molar-refractivity contribution in [1.82, 2.24) is 24.6 Å². The lowest BCUT2D eigenvalue weighted by molar-refractivity contribution is 0.183. The third kappa shape index (κ3) is 5.07. The summed E-state index contributed by atoms with van der Waals surface area (Å²) >= 11 is 0. The second-order valence-corrected chi connectivity index (χ2v) is 10.6. The van der Waals surface area contributed by atoms with Gasteiger partial charge in [0.05, 0.1) is 42.1 Å². The van der Waals surface area contributed by atoms with Crippen LogP contribution in [0, 0.1) is 13.8 Å². The summed E-state index contributed by atoms with van der Waals surface area (Å²) in [6.07, 6.45) is 10.4. The Morgan fingerprint density at radius 2 is 2.00 bits per heavy atom. The third-order valence-corrected chi connectivity index (χ3v) is 7.87. The first-order chi connectivity index (χ1) is 17.4. The molecule has 0 bridgehead atoms. The Morgan fingerprint density at radius 3 is 2.69 bits per heavy atom. The van der Waals surface area contributed by atoms with Crippen molar-refractivity contribution in [3.63, 3.8) is 0 Å². The highest BCUT2D eigenvalue weighted by Gasteiger charge is 2.46. The molecule has 1 aromatic carbocycles. The fraction of sp³-hybridized carbons (Fsp3) is 0.517. The summed E-state index contributed by atoms with van der Waals surface area (Å²) in [7, 11) is 1.72. The monoisotopic (exact) mass is 486 g/mol. The Balaban J connectivity index is 1.30. The minimum absolute atomic E-state index is 0.203. The highest BCUT2D eigenvalue weighted by molar-refractivity contribution is 5.84. The molecule has 2 fully saturated rings. The number of hydrogen-bond acceptors (Lipinski definition) is 5. The van der Waals surface area contributed by atoms with Crippen LogP contribution >= 0.6 is 0 Å². The van der Waals surface area contributed by atoms with Gasteiger partial charge in [0.25, 0.3) is 0 Å². The first-order valence-electron chi connectivity index (χ1n) is 13.1. The lowest BCUT2D eigenvalue weighted by Gasteiger charge is -2.40. The van der Waals surface area contributed by atoms with Gasteiger partial charge in [-0.3, -0.25) is 14.6 Å². The van der Waals surface area contributed by atoms with Crippen molar-refractivity contribution in [2.45, 2.75) is 71.3 Å². The summed E-state index contributed by atoms with van der Waals surface area (Å²) in [6.45, 7) is 11.9. The molecule has 2 aliphatic rings. The summed E-state index contributed by atoms with van der Waals surface area (Å²) in [5.74, 6) is 1.47. The van der Waals surface area contributed by atoms with E-state index in [1.54, 1.807) is 7.11 Å². The maximum atomic E-state index is 5.28. The van der Waals surface area contributed by atoms with Crippen molar-refractivity contribution in [3.8, 4) is 0 Å². The summed E-state index contributed by atoms with van der Waals surface area (Å²) < 4.78 is 7.12. The van der Waals surface area contributed by atoms with Crippen LogP contribution in [0.15, 0.2) is 41.8 Å². The van der Waals surface area contributed by atoms with Gasteiger partial charge in [0.1, 0.15) is 5.84 Å². The fourth-order valence-electron chi connectivity index (χ4n) is 5.19. The SMILES string of the molecule is CCC1(c2nc(C3CN(C(C)=Nc4ccc(C)cc4C)C3)cnc2Cc2cnn(CCOC)c2)CC1. The first-order valence-corrected chi connectivity index (χ1v) is 13.1. The molecular formula is C29H38N6O. The molecule has 5 rings (SSSR count). The van der Waals surface area contributed by atoms with E-state index < -0.39 is 0 Å². The predicted molar refractivity (Wildman–Crippen MR) is 143 cm³/mol. The van der Waals surface area contributed by atoms with Crippen molar-refractivity contribution in [2.24, 2.45) is 4.99 Å². The summed E-state index contributed by atoms with van der Waals surface area (Å²) in [4.78, 5) is 17.5. The molecule has 0 N–H and O–H groups in total. The molecule has 7 nitrogen and oxygen atoms in total. The molecule has 1 aliphatic carbocycles. The van der Waals surface area contributed by atoms with Crippen LogP contribution in [0.25, 0.3) is 0 Å². The Morgan fingerprint density at radius 1 is 1.19 bits per heavy atom. The van der Waals surface area contributed by atoms with Gasteiger partial charge in [-0.15, -0.1) is 0 Å². The van der Waals surface area contributed by atoms with Gasteiger partial charge in [-0.25, -0.2) is 4.99 Å². The number of methoxy groups -OCH3 is 1. The molecule has 1 saturated carbocycles. The molecule has 190 valence electrons. The predicted octanol–water partition coefficient (Wildman–Crippen LogP) is 5.12. The van der Waals surface area contributed by atoms with E-state index >= 15 is 0 Å². The van der Waals surface area contributed by atoms with E-state index in [0.717, 1.165) is 55.4 Å². The van der Waals surface area contributed by atoms with Gasteiger partial charge < -0.3 is 9.64 Å². The smallest absolute Gasteiger partial charge is 0.102 e. The molecule has 1 saturated heterocycles. The van der Waals surface area contributed by atoms with E-state index in [4.69, 9.17) is 19.7 Å². The molecule has 0 amide bonds. The van der Waals surface area contributed by atoms with Gasteiger partial charge >= 0.3 is 0 Å². The zero-order valence-corrected chi connectivity index (χ0v) is 22.3. The number of nitrogens with zero attached hydrogens (tertiary/aromatic N) is 6. The van der Waals surface area contributed by atoms with Crippen molar-refractivity contribution in [3.05, 3.63) is 70.6 Å². The number of rotatable bonds is 9. The Kier molecular flexibility index (Phi) is 6.93. The summed E-state index contributed by atoms with van der Waals surface area (Å²) in [6, 6.07) is 6.43. The van der Waals surface area contributed by atoms with Gasteiger partial charge in [-0.2, -0.15) is 5.10 Å². The number of ether oxygens (including phenoxy) is 1. The number of aromatic nitrogens is 4. The second kappa shape index (κ2) is 10.1. The second-order valence-electron chi connectivity index (χ2n) is 10.6. The largest absolute Gasteiger partial charge is 0.383 e. The molecule has 1 aliphatic heterocycles. The third-order valence-electron chi connectivity index (χ3n) is 7.87. The van der Waals surface area contributed by atoms with E-state index in [0.29, 0.717) is 12.5 Å². The normalized spacial score (nSPS) is 17.4. The zero-order chi connectivity index (χ0) is 25.3. The highest BCUT2D eigenvalue weighted by Crippen LogP contribution is 2.51. The standard InChI is InChI=1S/C29H38N6O/c1-6-29(9-10-29)28-26(14-23-15-31-35(17-23)11-12-36-5)30-16-27(33-28)24-18-34(19-24)22(4)32-25-8-7-20(2)13-21(25)3/h7-8,13,15-17,24H,6,9-12,14,18-19H2,1-5H3. The lowest BCUT2D eigenvalue weighted by atomic mass is 9.92. The van der Waals surface area contributed by atoms with Gasteiger partial charge in [-0.05, 0) is 57.2 Å². The molecule has 0 radical (unpaired) electrons. The average Bonchev–Trinajstić information content (AvgIpc) is 3.51. The van der Waals surface area contributed by atoms with Crippen LogP contribution in [0.3, 0.4) is 0 Å². The Bertz CT molecular complexity index is 1250. The maximum absolute atomic E-state index is 5.28. The van der Waals surface area contributed by atoms with Crippen LogP contribution in [-0.4, -0.2) is 57.3 Å². The van der Waals surface area contributed by atoms with Crippen LogP contribution in [0.4, 0.5) is 5.69 Å². The topological polar surface area (TPSA) is 68.4 Å². The van der Waals surface area contributed by atoms with Crippen molar-refractivity contribution in [2.75, 3.05) is 26.8 Å². The minimum atomic E-state index is 0.203. The van der Waals surface area contributed by atoms with E-state index in [9.17, 15) is 0 Å². The Hall–Kier alpha value is -3.06. The number of aliphatic imine (C=N–C) groups is 1. The van der Waals surface area contributed by atoms with Crippen LogP contribution < -0.4 is 0 Å². The van der Waals surface area contributed by atoms with E-state index in [1.807, 2.05) is 17.1 Å². The molecule has 3 aromatic rings. The van der Waals surface area contributed by atoms with E-state index in [1.165, 1.54) is 35.2 Å². The van der Waals surface area contributed by atoms with Crippen LogP contribution in [-0.2, 0) is 23.1 Å². The highest BCUT2D eigenvalue weighted by atomic mass is 16.5. The lowest BCUT2D eigenvalue weighted by Crippen LogP contribution is -2.48. The molecular weight excluding hydrogens is 448 g/mol. The molecule has 36 heavy (non-hydrogen) atoms. The van der Waals surface area contributed by atoms with Gasteiger partial charge in [-0.1, -0.05) is 24.6 Å². The number of aryl methyl sites for hydroxylation is 2. The summed E-state index contributed by atoms with van der Waals surface area (Å²) in [5, 5.41) is 4.48. The molecule has 2 aromatic heterocycles. The number of likely N-dealkylation sites (tertiary alicyclic amines) is 1. The number of hydrogen-bond donors (Lipinski definition) is 0. The average molecular weight is 487 g/mol. The Labute approximate surface area is 214 Å². The molecule has 0 unspecified atom stereocenters. The molecule has 0 spiro atoms. The van der Waals surface area contributed by atoms with Gasteiger partial charge in [0.15, 0.2) is 0 Å². The van der Waals surface area contributed by atoms with E-state index in [-0.39, 0.29) is 5.41 Å². The molecule has 3 heterocycles. The molecule has 0 atom stereocenters. The minimum Gasteiger partial charge on any atom is -0.383 e. The zero-order valence-electron chi connectivity index (χ0n) is 22.3. The fourth-order valence-corrected chi connectivity index (χ4v) is 5.19. The van der Waals surface area contributed by atoms with Crippen LogP contribution in [0.5, 0.6) is 0 Å². The van der Waals surface area contributed by atoms with Gasteiger partial charge in [0, 0.05) is 50.3 Å². The number of amidine groups is 1. The van der Waals surface area contributed by atoms with E-state index in [2.05, 4.69) is 62.1 Å². The number of benzene rings is 1. The van der Waals surface area contributed by atoms with Crippen molar-refractivity contribution >= 4 is 11.5 Å². The van der Waals surface area contributed by atoms with Gasteiger partial charge in [0.2, 0.25) is 0 Å².